The van der Waals surface area contributed by atoms with Gasteiger partial charge in [0.2, 0.25) is 0 Å². The standard InChI is InChI=1S/C20H20N4O2/c1-14(2)26-17-11-7-6-10-16(17)21-18-12-13-19(24-23-18)22-20(25)15-8-4-3-5-9-15/h3-14H,1-2H3,(H,21,23)(H,22,24,25). The molecule has 1 amide bonds. The van der Waals surface area contributed by atoms with E-state index in [0.717, 1.165) is 11.4 Å². The summed E-state index contributed by atoms with van der Waals surface area (Å²) in [5.74, 6) is 1.46. The summed E-state index contributed by atoms with van der Waals surface area (Å²) in [4.78, 5) is 12.1. The molecule has 0 unspecified atom stereocenters. The van der Waals surface area contributed by atoms with E-state index in [1.54, 1.807) is 24.3 Å². The van der Waals surface area contributed by atoms with Gasteiger partial charge >= 0.3 is 0 Å². The van der Waals surface area contributed by atoms with Crippen LogP contribution in [0.5, 0.6) is 5.75 Å². The number of ether oxygens (including phenoxy) is 1. The highest BCUT2D eigenvalue weighted by molar-refractivity contribution is 6.03. The Balaban J connectivity index is 1.68. The minimum atomic E-state index is -0.226. The molecule has 6 heteroatoms. The normalized spacial score (nSPS) is 10.4. The monoisotopic (exact) mass is 348 g/mol. The minimum Gasteiger partial charge on any atom is -0.489 e. The number of rotatable bonds is 6. The van der Waals surface area contributed by atoms with Gasteiger partial charge in [-0.1, -0.05) is 30.3 Å². The van der Waals surface area contributed by atoms with Gasteiger partial charge in [-0.15, -0.1) is 10.2 Å². The van der Waals surface area contributed by atoms with Gasteiger partial charge in [-0.25, -0.2) is 0 Å². The second kappa shape index (κ2) is 8.11. The van der Waals surface area contributed by atoms with Crippen LogP contribution >= 0.6 is 0 Å². The van der Waals surface area contributed by atoms with Crippen LogP contribution in [0.15, 0.2) is 66.7 Å². The van der Waals surface area contributed by atoms with Crippen molar-refractivity contribution in [2.75, 3.05) is 10.6 Å². The third kappa shape index (κ3) is 4.57. The number of carbonyl (C=O) groups is 1. The van der Waals surface area contributed by atoms with E-state index in [4.69, 9.17) is 4.74 Å². The summed E-state index contributed by atoms with van der Waals surface area (Å²) in [5, 5.41) is 14.1. The Morgan fingerprint density at radius 3 is 2.23 bits per heavy atom. The summed E-state index contributed by atoms with van der Waals surface area (Å²) < 4.78 is 5.78. The number of hydrogen-bond acceptors (Lipinski definition) is 5. The molecule has 3 aromatic rings. The molecular weight excluding hydrogens is 328 g/mol. The summed E-state index contributed by atoms with van der Waals surface area (Å²) in [6.45, 7) is 3.95. The quantitative estimate of drug-likeness (QED) is 0.696. The smallest absolute Gasteiger partial charge is 0.256 e. The fraction of sp³-hybridized carbons (Fsp3) is 0.150. The maximum absolute atomic E-state index is 12.1. The fourth-order valence-electron chi connectivity index (χ4n) is 2.31. The van der Waals surface area contributed by atoms with E-state index in [9.17, 15) is 4.79 Å². The molecule has 0 aliphatic carbocycles. The zero-order chi connectivity index (χ0) is 18.4. The van der Waals surface area contributed by atoms with Crippen LogP contribution in [-0.4, -0.2) is 22.2 Å². The number of amides is 1. The van der Waals surface area contributed by atoms with Crippen molar-refractivity contribution < 1.29 is 9.53 Å². The van der Waals surface area contributed by atoms with Crippen LogP contribution in [0.4, 0.5) is 17.3 Å². The lowest BCUT2D eigenvalue weighted by molar-refractivity contribution is 0.102. The van der Waals surface area contributed by atoms with Crippen molar-refractivity contribution in [3.05, 3.63) is 72.3 Å². The fourth-order valence-corrected chi connectivity index (χ4v) is 2.31. The number of carbonyl (C=O) groups excluding carboxylic acids is 1. The number of para-hydroxylation sites is 2. The highest BCUT2D eigenvalue weighted by Gasteiger charge is 2.08. The van der Waals surface area contributed by atoms with Crippen molar-refractivity contribution in [2.45, 2.75) is 20.0 Å². The molecule has 2 N–H and O–H groups in total. The van der Waals surface area contributed by atoms with E-state index in [1.165, 1.54) is 0 Å². The van der Waals surface area contributed by atoms with Crippen LogP contribution in [0.2, 0.25) is 0 Å². The lowest BCUT2D eigenvalue weighted by atomic mass is 10.2. The van der Waals surface area contributed by atoms with Gasteiger partial charge in [0.05, 0.1) is 11.8 Å². The van der Waals surface area contributed by atoms with Crippen molar-refractivity contribution in [3.8, 4) is 5.75 Å². The molecule has 2 aromatic carbocycles. The van der Waals surface area contributed by atoms with Crippen LogP contribution in [-0.2, 0) is 0 Å². The van der Waals surface area contributed by atoms with Gasteiger partial charge in [-0.05, 0) is 50.2 Å². The van der Waals surface area contributed by atoms with E-state index in [0.29, 0.717) is 17.2 Å². The molecule has 26 heavy (non-hydrogen) atoms. The highest BCUT2D eigenvalue weighted by atomic mass is 16.5. The predicted molar refractivity (Wildman–Crippen MR) is 102 cm³/mol. The number of nitrogens with zero attached hydrogens (tertiary/aromatic N) is 2. The zero-order valence-electron chi connectivity index (χ0n) is 14.6. The third-order valence-corrected chi connectivity index (χ3v) is 3.45. The minimum absolute atomic E-state index is 0.0691. The van der Waals surface area contributed by atoms with Crippen LogP contribution in [0.1, 0.15) is 24.2 Å². The van der Waals surface area contributed by atoms with Crippen molar-refractivity contribution in [2.24, 2.45) is 0 Å². The SMILES string of the molecule is CC(C)Oc1ccccc1Nc1ccc(NC(=O)c2ccccc2)nn1. The van der Waals surface area contributed by atoms with Crippen molar-refractivity contribution in [1.82, 2.24) is 10.2 Å². The van der Waals surface area contributed by atoms with Gasteiger partial charge < -0.3 is 15.4 Å². The van der Waals surface area contributed by atoms with Gasteiger partial charge in [0.1, 0.15) is 5.75 Å². The van der Waals surface area contributed by atoms with Gasteiger partial charge in [0.15, 0.2) is 11.6 Å². The molecule has 3 rings (SSSR count). The Bertz CT molecular complexity index is 864. The zero-order valence-corrected chi connectivity index (χ0v) is 14.6. The molecule has 132 valence electrons. The molecule has 0 fully saturated rings. The summed E-state index contributed by atoms with van der Waals surface area (Å²) >= 11 is 0. The number of aromatic nitrogens is 2. The summed E-state index contributed by atoms with van der Waals surface area (Å²) in [7, 11) is 0. The molecule has 1 heterocycles. The Labute approximate surface area is 152 Å². The van der Waals surface area contributed by atoms with E-state index < -0.39 is 0 Å². The largest absolute Gasteiger partial charge is 0.489 e. The van der Waals surface area contributed by atoms with Gasteiger partial charge in [0.25, 0.3) is 5.91 Å². The Hall–Kier alpha value is -3.41. The molecule has 0 atom stereocenters. The maximum Gasteiger partial charge on any atom is 0.256 e. The number of nitrogens with one attached hydrogen (secondary N) is 2. The first-order chi connectivity index (χ1) is 12.6. The summed E-state index contributed by atoms with van der Waals surface area (Å²) in [5.41, 5.74) is 1.37. The van der Waals surface area contributed by atoms with Crippen molar-refractivity contribution >= 4 is 23.2 Å². The molecule has 0 radical (unpaired) electrons. The topological polar surface area (TPSA) is 76.1 Å². The van der Waals surface area contributed by atoms with Gasteiger partial charge in [0, 0.05) is 5.56 Å². The van der Waals surface area contributed by atoms with Gasteiger partial charge in [-0.3, -0.25) is 4.79 Å². The second-order valence-electron chi connectivity index (χ2n) is 5.91. The van der Waals surface area contributed by atoms with E-state index in [2.05, 4.69) is 20.8 Å². The molecule has 0 saturated heterocycles. The molecule has 1 aromatic heterocycles. The first-order valence-corrected chi connectivity index (χ1v) is 8.34. The predicted octanol–water partition coefficient (Wildman–Crippen LogP) is 4.26. The Morgan fingerprint density at radius 2 is 1.54 bits per heavy atom. The first kappa shape index (κ1) is 17.4. The van der Waals surface area contributed by atoms with Crippen molar-refractivity contribution in [3.63, 3.8) is 0 Å². The van der Waals surface area contributed by atoms with Crippen LogP contribution in [0, 0.1) is 0 Å². The molecular formula is C20H20N4O2. The summed E-state index contributed by atoms with van der Waals surface area (Å²) in [6.07, 6.45) is 0.0691. The average molecular weight is 348 g/mol. The van der Waals surface area contributed by atoms with Gasteiger partial charge in [-0.2, -0.15) is 0 Å². The van der Waals surface area contributed by atoms with Crippen molar-refractivity contribution in [1.29, 1.82) is 0 Å². The first-order valence-electron chi connectivity index (χ1n) is 8.34. The highest BCUT2D eigenvalue weighted by Crippen LogP contribution is 2.27. The van der Waals surface area contributed by atoms with Crippen LogP contribution < -0.4 is 15.4 Å². The van der Waals surface area contributed by atoms with Crippen LogP contribution in [0.3, 0.4) is 0 Å². The number of hydrogen-bond donors (Lipinski definition) is 2. The second-order valence-corrected chi connectivity index (χ2v) is 5.91. The van der Waals surface area contributed by atoms with Crippen LogP contribution in [0.25, 0.3) is 0 Å². The Kier molecular flexibility index (Phi) is 5.43. The number of anilines is 3. The number of benzene rings is 2. The van der Waals surface area contributed by atoms with E-state index >= 15 is 0 Å². The molecule has 6 nitrogen and oxygen atoms in total. The lowest BCUT2D eigenvalue weighted by Gasteiger charge is -2.15. The molecule has 0 aliphatic heterocycles. The third-order valence-electron chi connectivity index (χ3n) is 3.45. The summed E-state index contributed by atoms with van der Waals surface area (Å²) in [6, 6.07) is 20.0. The molecule has 0 aliphatic rings. The van der Waals surface area contributed by atoms with E-state index in [-0.39, 0.29) is 12.0 Å². The molecule has 0 saturated carbocycles. The molecule has 0 spiro atoms. The maximum atomic E-state index is 12.1. The Morgan fingerprint density at radius 1 is 0.885 bits per heavy atom. The molecule has 0 bridgehead atoms. The lowest BCUT2D eigenvalue weighted by Crippen LogP contribution is -2.13. The van der Waals surface area contributed by atoms with E-state index in [1.807, 2.05) is 56.3 Å². The average Bonchev–Trinajstić information content (AvgIpc) is 2.65.